The van der Waals surface area contributed by atoms with Gasteiger partial charge in [0.15, 0.2) is 0 Å². The lowest BCUT2D eigenvalue weighted by Gasteiger charge is -2.12. The molecule has 0 aliphatic rings. The van der Waals surface area contributed by atoms with E-state index in [2.05, 4.69) is 21.2 Å². The molecule has 3 N–H and O–H groups in total. The van der Waals surface area contributed by atoms with Gasteiger partial charge in [0.1, 0.15) is 5.75 Å². The first-order valence-corrected chi connectivity index (χ1v) is 8.79. The Labute approximate surface area is 154 Å². The van der Waals surface area contributed by atoms with Gasteiger partial charge in [-0.3, -0.25) is 9.59 Å². The highest BCUT2D eigenvalue weighted by molar-refractivity contribution is 9.10. The molecule has 0 aliphatic carbocycles. The smallest absolute Gasteiger partial charge is 0.306 e. The molecule has 25 heavy (non-hydrogen) atoms. The fourth-order valence-corrected chi connectivity index (χ4v) is 2.76. The maximum atomic E-state index is 11.9. The summed E-state index contributed by atoms with van der Waals surface area (Å²) in [4.78, 5) is 23.4. The van der Waals surface area contributed by atoms with Crippen molar-refractivity contribution in [3.63, 3.8) is 0 Å². The third kappa shape index (κ3) is 6.58. The number of aromatic hydroxyl groups is 1. The predicted molar refractivity (Wildman–Crippen MR) is 99.6 cm³/mol. The van der Waals surface area contributed by atoms with Gasteiger partial charge in [-0.25, -0.2) is 0 Å². The number of carboxylic acid groups (broad SMARTS) is 1. The minimum absolute atomic E-state index is 0.129. The van der Waals surface area contributed by atoms with E-state index in [4.69, 9.17) is 0 Å². The minimum atomic E-state index is -0.874. The Bertz CT molecular complexity index is 713. The summed E-state index contributed by atoms with van der Waals surface area (Å²) in [6, 6.07) is 13.8. The monoisotopic (exact) mass is 405 g/mol. The standard InChI is InChI=1S/C19H20BrNO4/c20-15-6-8-16(9-7-15)21-18(23)3-1-2-14(19(24)25)12-13-4-10-17(22)11-5-13/h4-11,14,22H,1-3,12H2,(H,21,23)(H,24,25). The molecule has 0 radical (unpaired) electrons. The Morgan fingerprint density at radius 1 is 1.04 bits per heavy atom. The quantitative estimate of drug-likeness (QED) is 0.613. The second-order valence-corrected chi connectivity index (χ2v) is 6.77. The molecule has 1 unspecified atom stereocenters. The fourth-order valence-electron chi connectivity index (χ4n) is 2.50. The van der Waals surface area contributed by atoms with Crippen LogP contribution in [0.2, 0.25) is 0 Å². The topological polar surface area (TPSA) is 86.6 Å². The number of carbonyl (C=O) groups is 2. The number of aliphatic carboxylic acids is 1. The minimum Gasteiger partial charge on any atom is -0.508 e. The molecule has 0 fully saturated rings. The zero-order chi connectivity index (χ0) is 18.2. The van der Waals surface area contributed by atoms with Crippen molar-refractivity contribution >= 4 is 33.5 Å². The van der Waals surface area contributed by atoms with Crippen molar-refractivity contribution in [1.29, 1.82) is 0 Å². The number of anilines is 1. The van der Waals surface area contributed by atoms with Crippen LogP contribution in [0.1, 0.15) is 24.8 Å². The highest BCUT2D eigenvalue weighted by atomic mass is 79.9. The van der Waals surface area contributed by atoms with Crippen LogP contribution in [0.15, 0.2) is 53.0 Å². The van der Waals surface area contributed by atoms with Gasteiger partial charge in [0, 0.05) is 16.6 Å². The number of phenols is 1. The summed E-state index contributed by atoms with van der Waals surface area (Å²) in [6.07, 6.45) is 1.57. The van der Waals surface area contributed by atoms with Crippen LogP contribution in [0.25, 0.3) is 0 Å². The van der Waals surface area contributed by atoms with Crippen molar-refractivity contribution in [2.75, 3.05) is 5.32 Å². The van der Waals surface area contributed by atoms with Gasteiger partial charge >= 0.3 is 5.97 Å². The van der Waals surface area contributed by atoms with Crippen molar-refractivity contribution in [1.82, 2.24) is 0 Å². The molecule has 6 heteroatoms. The summed E-state index contributed by atoms with van der Waals surface area (Å²) < 4.78 is 0.934. The number of hydrogen-bond acceptors (Lipinski definition) is 3. The second-order valence-electron chi connectivity index (χ2n) is 5.85. The molecule has 0 saturated heterocycles. The number of rotatable bonds is 8. The third-order valence-electron chi connectivity index (χ3n) is 3.85. The SMILES string of the molecule is O=C(CCCC(Cc1ccc(O)cc1)C(=O)O)Nc1ccc(Br)cc1. The number of nitrogens with one attached hydrogen (secondary N) is 1. The van der Waals surface area contributed by atoms with Gasteiger partial charge in [-0.1, -0.05) is 28.1 Å². The molecule has 1 amide bonds. The first kappa shape index (κ1) is 19.0. The Balaban J connectivity index is 1.80. The van der Waals surface area contributed by atoms with E-state index in [1.165, 1.54) is 0 Å². The van der Waals surface area contributed by atoms with E-state index in [9.17, 15) is 19.8 Å². The van der Waals surface area contributed by atoms with Crippen LogP contribution in [0, 0.1) is 5.92 Å². The molecule has 2 rings (SSSR count). The highest BCUT2D eigenvalue weighted by Gasteiger charge is 2.18. The van der Waals surface area contributed by atoms with Crippen LogP contribution < -0.4 is 5.32 Å². The van der Waals surface area contributed by atoms with E-state index in [1.54, 1.807) is 36.4 Å². The van der Waals surface area contributed by atoms with Crippen LogP contribution in [0.5, 0.6) is 5.75 Å². The first-order valence-electron chi connectivity index (χ1n) is 8.00. The Hall–Kier alpha value is -2.34. The lowest BCUT2D eigenvalue weighted by Crippen LogP contribution is -2.18. The molecule has 5 nitrogen and oxygen atoms in total. The van der Waals surface area contributed by atoms with Crippen LogP contribution in [0.4, 0.5) is 5.69 Å². The van der Waals surface area contributed by atoms with Crippen LogP contribution >= 0.6 is 15.9 Å². The lowest BCUT2D eigenvalue weighted by atomic mass is 9.94. The highest BCUT2D eigenvalue weighted by Crippen LogP contribution is 2.19. The third-order valence-corrected chi connectivity index (χ3v) is 4.38. The number of halogens is 1. The summed E-state index contributed by atoms with van der Waals surface area (Å²) in [7, 11) is 0. The molecule has 0 heterocycles. The number of phenolic OH excluding ortho intramolecular Hbond substituents is 1. The van der Waals surface area contributed by atoms with Crippen LogP contribution in [-0.2, 0) is 16.0 Å². The van der Waals surface area contributed by atoms with E-state index < -0.39 is 11.9 Å². The summed E-state index contributed by atoms with van der Waals surface area (Å²) in [5.41, 5.74) is 1.57. The molecule has 0 bridgehead atoms. The summed E-state index contributed by atoms with van der Waals surface area (Å²) in [5.74, 6) is -1.40. The van der Waals surface area contributed by atoms with Gasteiger partial charge in [-0.15, -0.1) is 0 Å². The second kappa shape index (κ2) is 9.22. The van der Waals surface area contributed by atoms with Crippen LogP contribution in [-0.4, -0.2) is 22.1 Å². The zero-order valence-corrected chi connectivity index (χ0v) is 15.2. The molecule has 132 valence electrons. The molecule has 0 aromatic heterocycles. The molecule has 0 spiro atoms. The molecular weight excluding hydrogens is 386 g/mol. The summed E-state index contributed by atoms with van der Waals surface area (Å²) in [6.45, 7) is 0. The Morgan fingerprint density at radius 2 is 1.68 bits per heavy atom. The van der Waals surface area contributed by atoms with Crippen molar-refractivity contribution in [3.05, 3.63) is 58.6 Å². The number of carbonyl (C=O) groups excluding carboxylic acids is 1. The maximum Gasteiger partial charge on any atom is 0.306 e. The van der Waals surface area contributed by atoms with E-state index in [-0.39, 0.29) is 18.1 Å². The molecular formula is C19H20BrNO4. The van der Waals surface area contributed by atoms with Gasteiger partial charge in [-0.05, 0) is 61.2 Å². The summed E-state index contributed by atoms with van der Waals surface area (Å²) in [5, 5.41) is 21.4. The Kier molecular flexibility index (Phi) is 7.01. The van der Waals surface area contributed by atoms with E-state index >= 15 is 0 Å². The number of amides is 1. The summed E-state index contributed by atoms with van der Waals surface area (Å²) >= 11 is 3.33. The van der Waals surface area contributed by atoms with Crippen molar-refractivity contribution in [3.8, 4) is 5.75 Å². The molecule has 0 aliphatic heterocycles. The van der Waals surface area contributed by atoms with E-state index in [0.717, 1.165) is 10.0 Å². The molecule has 2 aromatic carbocycles. The van der Waals surface area contributed by atoms with Crippen molar-refractivity contribution in [2.45, 2.75) is 25.7 Å². The zero-order valence-electron chi connectivity index (χ0n) is 13.6. The normalized spacial score (nSPS) is 11.7. The van der Waals surface area contributed by atoms with Gasteiger partial charge in [0.25, 0.3) is 0 Å². The van der Waals surface area contributed by atoms with E-state index in [1.807, 2.05) is 12.1 Å². The largest absolute Gasteiger partial charge is 0.508 e. The predicted octanol–water partition coefficient (Wildman–Crippen LogP) is 4.21. The maximum absolute atomic E-state index is 11.9. The van der Waals surface area contributed by atoms with Crippen molar-refractivity contribution in [2.24, 2.45) is 5.92 Å². The number of hydrogen-bond donors (Lipinski definition) is 3. The molecule has 0 saturated carbocycles. The van der Waals surface area contributed by atoms with Gasteiger partial charge in [0.05, 0.1) is 5.92 Å². The van der Waals surface area contributed by atoms with Gasteiger partial charge in [-0.2, -0.15) is 0 Å². The van der Waals surface area contributed by atoms with Crippen molar-refractivity contribution < 1.29 is 19.8 Å². The van der Waals surface area contributed by atoms with Gasteiger partial charge < -0.3 is 15.5 Å². The number of benzene rings is 2. The molecule has 2 aromatic rings. The first-order chi connectivity index (χ1) is 11.9. The van der Waals surface area contributed by atoms with E-state index in [0.29, 0.717) is 24.9 Å². The van der Waals surface area contributed by atoms with Crippen LogP contribution in [0.3, 0.4) is 0 Å². The molecule has 1 atom stereocenters. The van der Waals surface area contributed by atoms with Gasteiger partial charge in [0.2, 0.25) is 5.91 Å². The average Bonchev–Trinajstić information content (AvgIpc) is 2.57. The Morgan fingerprint density at radius 3 is 2.28 bits per heavy atom. The lowest BCUT2D eigenvalue weighted by molar-refractivity contribution is -0.142. The number of carboxylic acids is 1. The average molecular weight is 406 g/mol. The fraction of sp³-hybridized carbons (Fsp3) is 0.263.